The van der Waals surface area contributed by atoms with E-state index in [0.717, 1.165) is 32.1 Å². The number of ketones is 1. The normalized spacial score (nSPS) is 44.0. The van der Waals surface area contributed by atoms with Gasteiger partial charge in [-0.3, -0.25) is 9.59 Å². The fraction of sp³-hybridized carbons (Fsp3) is 0.778. The molecule has 0 amide bonds. The predicted molar refractivity (Wildman–Crippen MR) is 121 cm³/mol. The Labute approximate surface area is 187 Å². The van der Waals surface area contributed by atoms with Crippen LogP contribution in [0.15, 0.2) is 23.3 Å². The Hall–Kier alpha value is -1.42. The average molecular weight is 429 g/mol. The van der Waals surface area contributed by atoms with Crippen molar-refractivity contribution in [1.82, 2.24) is 0 Å². The van der Waals surface area contributed by atoms with Crippen LogP contribution in [0.4, 0.5) is 0 Å². The lowest BCUT2D eigenvalue weighted by Gasteiger charge is -2.58. The van der Waals surface area contributed by atoms with E-state index in [1.165, 1.54) is 18.1 Å². The number of rotatable bonds is 4. The van der Waals surface area contributed by atoms with Crippen LogP contribution in [0.2, 0.25) is 0 Å². The van der Waals surface area contributed by atoms with Crippen LogP contribution in [0.25, 0.3) is 0 Å². The Morgan fingerprint density at radius 3 is 2.29 bits per heavy atom. The van der Waals surface area contributed by atoms with Crippen LogP contribution in [0, 0.1) is 28.6 Å². The number of allylic oxidation sites excluding steroid dienone is 3. The fourth-order valence-corrected chi connectivity index (χ4v) is 8.07. The highest BCUT2D eigenvalue weighted by atomic mass is 16.6. The molecule has 7 atom stereocenters. The minimum atomic E-state index is -0.962. The average Bonchev–Trinajstić information content (AvgIpc) is 2.96. The van der Waals surface area contributed by atoms with E-state index in [2.05, 4.69) is 46.8 Å². The number of esters is 1. The monoisotopic (exact) mass is 428 g/mol. The van der Waals surface area contributed by atoms with Crippen LogP contribution < -0.4 is 0 Å². The molecule has 172 valence electrons. The van der Waals surface area contributed by atoms with Gasteiger partial charge >= 0.3 is 5.97 Å². The highest BCUT2D eigenvalue weighted by molar-refractivity contribution is 5.89. The third kappa shape index (κ3) is 3.27. The van der Waals surface area contributed by atoms with Gasteiger partial charge in [0.15, 0.2) is 11.4 Å². The number of fused-ring (bicyclic) bond motifs is 5. The van der Waals surface area contributed by atoms with Crippen molar-refractivity contribution in [3.05, 3.63) is 23.3 Å². The molecule has 0 N–H and O–H groups in total. The van der Waals surface area contributed by atoms with Crippen molar-refractivity contribution in [2.24, 2.45) is 28.6 Å². The number of hydrogen-bond donors (Lipinski definition) is 0. The van der Waals surface area contributed by atoms with E-state index in [1.54, 1.807) is 6.92 Å². The molecule has 0 radical (unpaired) electrons. The quantitative estimate of drug-likeness (QED) is 0.531. The summed E-state index contributed by atoms with van der Waals surface area (Å²) >= 11 is 0. The molecule has 0 saturated heterocycles. The molecule has 0 aromatic rings. The molecular weight excluding hydrogens is 388 g/mol. The summed E-state index contributed by atoms with van der Waals surface area (Å²) in [7, 11) is 0. The maximum atomic E-state index is 12.9. The van der Waals surface area contributed by atoms with Gasteiger partial charge in [-0.05, 0) is 95.0 Å². The van der Waals surface area contributed by atoms with Gasteiger partial charge in [0.05, 0.1) is 12.2 Å². The first-order chi connectivity index (χ1) is 14.4. The molecule has 0 unspecified atom stereocenters. The van der Waals surface area contributed by atoms with Gasteiger partial charge in [-0.2, -0.15) is 0 Å². The molecule has 0 aromatic carbocycles. The van der Waals surface area contributed by atoms with Crippen LogP contribution in [-0.2, 0) is 19.1 Å². The van der Waals surface area contributed by atoms with Gasteiger partial charge in [-0.1, -0.05) is 31.6 Å². The molecule has 0 spiro atoms. The standard InChI is InChI=1S/C27H40O4/c1-16(2)30-20-8-11-25(6)22-9-12-26(7)23(21(22)14-17(3)24(25)15-20)10-13-27(26,18(4)28)31-19(5)29/h14-16,20-23H,8-13H2,1-7H3/t20-,21+,22+,23-,25-,26+,27+/m1/s1. The lowest BCUT2D eigenvalue weighted by atomic mass is 9.47. The molecule has 4 heteroatoms. The maximum absolute atomic E-state index is 12.9. The van der Waals surface area contributed by atoms with Crippen molar-refractivity contribution in [3.63, 3.8) is 0 Å². The van der Waals surface area contributed by atoms with E-state index in [1.807, 2.05) is 0 Å². The number of ether oxygens (including phenoxy) is 2. The predicted octanol–water partition coefficient (Wildman–Crippen LogP) is 5.80. The molecule has 0 bridgehead atoms. The highest BCUT2D eigenvalue weighted by Gasteiger charge is 2.67. The molecule has 2 fully saturated rings. The van der Waals surface area contributed by atoms with Gasteiger partial charge in [0, 0.05) is 12.3 Å². The number of hydrogen-bond acceptors (Lipinski definition) is 4. The van der Waals surface area contributed by atoms with Crippen LogP contribution in [0.5, 0.6) is 0 Å². The highest BCUT2D eigenvalue weighted by Crippen LogP contribution is 2.68. The Morgan fingerprint density at radius 1 is 1.00 bits per heavy atom. The topological polar surface area (TPSA) is 52.6 Å². The molecule has 4 rings (SSSR count). The van der Waals surface area contributed by atoms with Crippen LogP contribution >= 0.6 is 0 Å². The SMILES string of the molecule is CC(=O)O[C@]1(C(C)=O)CC[C@@H]2[C@H]3C=C(C)C4=C[C@H](OC(C)C)CC[C@]4(C)[C@H]3CC[C@@]21C. The fourth-order valence-electron chi connectivity index (χ4n) is 8.07. The largest absolute Gasteiger partial charge is 0.451 e. The zero-order valence-corrected chi connectivity index (χ0v) is 20.4. The summed E-state index contributed by atoms with van der Waals surface area (Å²) < 4.78 is 12.0. The third-order valence-corrected chi connectivity index (χ3v) is 9.39. The first kappa shape index (κ1) is 22.8. The van der Waals surface area contributed by atoms with Gasteiger partial charge in [-0.15, -0.1) is 0 Å². The smallest absolute Gasteiger partial charge is 0.303 e. The van der Waals surface area contributed by atoms with Crippen molar-refractivity contribution in [3.8, 4) is 0 Å². The van der Waals surface area contributed by atoms with Crippen molar-refractivity contribution in [1.29, 1.82) is 0 Å². The molecule has 0 heterocycles. The molecule has 4 nitrogen and oxygen atoms in total. The minimum absolute atomic E-state index is 0.0146. The number of carbonyl (C=O) groups is 2. The van der Waals surface area contributed by atoms with E-state index < -0.39 is 5.60 Å². The van der Waals surface area contributed by atoms with E-state index in [-0.39, 0.29) is 34.8 Å². The molecule has 31 heavy (non-hydrogen) atoms. The second-order valence-electron chi connectivity index (χ2n) is 11.4. The first-order valence-electron chi connectivity index (χ1n) is 12.2. The minimum Gasteiger partial charge on any atom is -0.451 e. The van der Waals surface area contributed by atoms with Crippen LogP contribution in [0.3, 0.4) is 0 Å². The lowest BCUT2D eigenvalue weighted by molar-refractivity contribution is -0.185. The van der Waals surface area contributed by atoms with Crippen molar-refractivity contribution in [2.45, 2.75) is 105 Å². The molecule has 0 aliphatic heterocycles. The Balaban J connectivity index is 1.72. The van der Waals surface area contributed by atoms with Crippen LogP contribution in [-0.4, -0.2) is 29.6 Å². The maximum Gasteiger partial charge on any atom is 0.303 e. The zero-order valence-electron chi connectivity index (χ0n) is 20.4. The summed E-state index contributed by atoms with van der Waals surface area (Å²) in [5.41, 5.74) is 1.75. The molecule has 0 aromatic heterocycles. The van der Waals surface area contributed by atoms with E-state index in [4.69, 9.17) is 9.47 Å². The van der Waals surface area contributed by atoms with Gasteiger partial charge in [0.25, 0.3) is 0 Å². The van der Waals surface area contributed by atoms with Crippen LogP contribution in [0.1, 0.15) is 87.0 Å². The third-order valence-electron chi connectivity index (χ3n) is 9.39. The first-order valence-corrected chi connectivity index (χ1v) is 12.2. The zero-order chi connectivity index (χ0) is 22.8. The lowest BCUT2D eigenvalue weighted by Crippen LogP contribution is -2.58. The van der Waals surface area contributed by atoms with Crippen molar-refractivity contribution in [2.75, 3.05) is 0 Å². The van der Waals surface area contributed by atoms with Gasteiger partial charge < -0.3 is 9.47 Å². The Bertz CT molecular complexity index is 838. The van der Waals surface area contributed by atoms with E-state index in [9.17, 15) is 9.59 Å². The molecule has 2 saturated carbocycles. The molecule has 4 aliphatic rings. The Morgan fingerprint density at radius 2 is 1.68 bits per heavy atom. The summed E-state index contributed by atoms with van der Waals surface area (Å²) in [5.74, 6) is 1.05. The number of Topliss-reactive ketones (excluding diaryl/α,β-unsaturated/α-hetero) is 1. The molecule has 4 aliphatic carbocycles. The summed E-state index contributed by atoms with van der Waals surface area (Å²) in [6, 6.07) is 0. The second kappa shape index (κ2) is 7.57. The van der Waals surface area contributed by atoms with Gasteiger partial charge in [-0.25, -0.2) is 0 Å². The van der Waals surface area contributed by atoms with E-state index in [0.29, 0.717) is 24.2 Å². The van der Waals surface area contributed by atoms with Crippen molar-refractivity contribution < 1.29 is 19.1 Å². The summed E-state index contributed by atoms with van der Waals surface area (Å²) in [6.07, 6.45) is 11.2. The second-order valence-corrected chi connectivity index (χ2v) is 11.4. The number of carbonyl (C=O) groups excluding carboxylic acids is 2. The molecular formula is C27H40O4. The summed E-state index contributed by atoms with van der Waals surface area (Å²) in [6.45, 7) is 14.2. The van der Waals surface area contributed by atoms with Crippen molar-refractivity contribution >= 4 is 11.8 Å². The summed E-state index contributed by atoms with van der Waals surface area (Å²) in [5, 5.41) is 0. The van der Waals surface area contributed by atoms with Gasteiger partial charge in [0.1, 0.15) is 0 Å². The Kier molecular flexibility index (Phi) is 5.56. The van der Waals surface area contributed by atoms with E-state index >= 15 is 0 Å². The summed E-state index contributed by atoms with van der Waals surface area (Å²) in [4.78, 5) is 24.9. The van der Waals surface area contributed by atoms with Gasteiger partial charge in [0.2, 0.25) is 0 Å².